The molecule has 0 spiro atoms. The van der Waals surface area contributed by atoms with Crippen molar-refractivity contribution in [1.29, 1.82) is 0 Å². The lowest BCUT2D eigenvalue weighted by atomic mass is 10.3. The maximum Gasteiger partial charge on any atom is 0.211 e. The van der Waals surface area contributed by atoms with Gasteiger partial charge in [-0.25, -0.2) is 12.7 Å². The van der Waals surface area contributed by atoms with Crippen LogP contribution in [-0.2, 0) is 10.0 Å². The summed E-state index contributed by atoms with van der Waals surface area (Å²) < 4.78 is 28.7. The highest BCUT2D eigenvalue weighted by atomic mass is 35.5. The molecular formula is C10H14ClNO3S. The SMILES string of the molecule is CN(CCOc1ccc(Cl)cc1)S(C)(=O)=O. The van der Waals surface area contributed by atoms with Crippen LogP contribution in [0.5, 0.6) is 5.75 Å². The second-order valence-corrected chi connectivity index (χ2v) is 5.91. The lowest BCUT2D eigenvalue weighted by molar-refractivity contribution is 0.287. The molecule has 0 saturated heterocycles. The first-order chi connectivity index (χ1) is 7.39. The first-order valence-corrected chi connectivity index (χ1v) is 6.92. The first-order valence-electron chi connectivity index (χ1n) is 4.69. The standard InChI is InChI=1S/C10H14ClNO3S/c1-12(16(2,13)14)7-8-15-10-5-3-9(11)4-6-10/h3-6H,7-8H2,1-2H3. The van der Waals surface area contributed by atoms with E-state index in [-0.39, 0.29) is 0 Å². The topological polar surface area (TPSA) is 46.6 Å². The van der Waals surface area contributed by atoms with Crippen LogP contribution in [0.25, 0.3) is 0 Å². The summed E-state index contributed by atoms with van der Waals surface area (Å²) in [5, 5.41) is 0.639. The molecule has 4 nitrogen and oxygen atoms in total. The molecule has 90 valence electrons. The summed E-state index contributed by atoms with van der Waals surface area (Å²) in [7, 11) is -1.62. The minimum absolute atomic E-state index is 0.311. The number of hydrogen-bond donors (Lipinski definition) is 0. The van der Waals surface area contributed by atoms with E-state index in [4.69, 9.17) is 16.3 Å². The third-order valence-electron chi connectivity index (χ3n) is 2.05. The van der Waals surface area contributed by atoms with Crippen LogP contribution >= 0.6 is 11.6 Å². The van der Waals surface area contributed by atoms with Gasteiger partial charge in [-0.2, -0.15) is 0 Å². The predicted octanol–water partition coefficient (Wildman–Crippen LogP) is 1.61. The van der Waals surface area contributed by atoms with Crippen molar-refractivity contribution in [3.63, 3.8) is 0 Å². The molecule has 0 amide bonds. The van der Waals surface area contributed by atoms with E-state index in [2.05, 4.69) is 0 Å². The largest absolute Gasteiger partial charge is 0.492 e. The zero-order valence-corrected chi connectivity index (χ0v) is 10.8. The predicted molar refractivity (Wildman–Crippen MR) is 64.4 cm³/mol. The molecule has 6 heteroatoms. The molecule has 0 heterocycles. The minimum Gasteiger partial charge on any atom is -0.492 e. The molecule has 0 aliphatic carbocycles. The van der Waals surface area contributed by atoms with Crippen molar-refractivity contribution in [3.8, 4) is 5.75 Å². The van der Waals surface area contributed by atoms with E-state index in [1.54, 1.807) is 24.3 Å². The molecule has 0 aliphatic rings. The number of likely N-dealkylation sites (N-methyl/N-ethyl adjacent to an activating group) is 1. The number of hydrogen-bond acceptors (Lipinski definition) is 3. The summed E-state index contributed by atoms with van der Waals surface area (Å²) >= 11 is 5.71. The maximum atomic E-state index is 11.1. The van der Waals surface area contributed by atoms with Crippen LogP contribution in [0.3, 0.4) is 0 Å². The fraction of sp³-hybridized carbons (Fsp3) is 0.400. The monoisotopic (exact) mass is 263 g/mol. The number of ether oxygens (including phenoxy) is 1. The smallest absolute Gasteiger partial charge is 0.211 e. The lowest BCUT2D eigenvalue weighted by Crippen LogP contribution is -2.29. The third kappa shape index (κ3) is 4.38. The molecule has 0 unspecified atom stereocenters. The Balaban J connectivity index is 2.39. The Bertz CT molecular complexity index is 430. The maximum absolute atomic E-state index is 11.1. The summed E-state index contributed by atoms with van der Waals surface area (Å²) in [5.41, 5.74) is 0. The third-order valence-corrected chi connectivity index (χ3v) is 3.62. The van der Waals surface area contributed by atoms with Crippen LogP contribution in [0, 0.1) is 0 Å². The second-order valence-electron chi connectivity index (χ2n) is 3.39. The number of sulfonamides is 1. The van der Waals surface area contributed by atoms with E-state index in [0.717, 1.165) is 6.26 Å². The number of benzene rings is 1. The lowest BCUT2D eigenvalue weighted by Gasteiger charge is -2.14. The molecule has 0 radical (unpaired) electrons. The Morgan fingerprint density at radius 2 is 1.88 bits per heavy atom. The Kier molecular flexibility index (Phi) is 4.58. The van der Waals surface area contributed by atoms with E-state index in [1.165, 1.54) is 11.4 Å². The van der Waals surface area contributed by atoms with Gasteiger partial charge in [-0.3, -0.25) is 0 Å². The van der Waals surface area contributed by atoms with Gasteiger partial charge >= 0.3 is 0 Å². The van der Waals surface area contributed by atoms with Crippen LogP contribution < -0.4 is 4.74 Å². The average Bonchev–Trinajstić information content (AvgIpc) is 2.19. The number of nitrogens with zero attached hydrogens (tertiary/aromatic N) is 1. The van der Waals surface area contributed by atoms with Gasteiger partial charge in [0, 0.05) is 18.6 Å². The molecule has 1 aromatic carbocycles. The summed E-state index contributed by atoms with van der Waals surface area (Å²) in [6.45, 7) is 0.632. The van der Waals surface area contributed by atoms with Crippen molar-refractivity contribution in [1.82, 2.24) is 4.31 Å². The molecule has 0 bridgehead atoms. The van der Waals surface area contributed by atoms with Crippen LogP contribution in [0.1, 0.15) is 0 Å². The summed E-state index contributed by atoms with van der Waals surface area (Å²) in [5.74, 6) is 0.673. The van der Waals surface area contributed by atoms with Gasteiger partial charge in [0.05, 0.1) is 6.26 Å². The summed E-state index contributed by atoms with van der Waals surface area (Å²) in [6, 6.07) is 6.92. The minimum atomic E-state index is -3.13. The Labute approximate surface area is 101 Å². The highest BCUT2D eigenvalue weighted by Crippen LogP contribution is 2.15. The molecular weight excluding hydrogens is 250 g/mol. The number of rotatable bonds is 5. The van der Waals surface area contributed by atoms with Crippen molar-refractivity contribution in [3.05, 3.63) is 29.3 Å². The fourth-order valence-corrected chi connectivity index (χ4v) is 1.52. The van der Waals surface area contributed by atoms with Gasteiger partial charge in [0.25, 0.3) is 0 Å². The Hall–Kier alpha value is -0.780. The zero-order valence-electron chi connectivity index (χ0n) is 9.18. The molecule has 1 aromatic rings. The van der Waals surface area contributed by atoms with Crippen molar-refractivity contribution in [2.75, 3.05) is 26.5 Å². The molecule has 0 N–H and O–H groups in total. The summed E-state index contributed by atoms with van der Waals surface area (Å²) in [6.07, 6.45) is 1.16. The van der Waals surface area contributed by atoms with E-state index in [1.807, 2.05) is 0 Å². The molecule has 0 aromatic heterocycles. The van der Waals surface area contributed by atoms with Gasteiger partial charge < -0.3 is 4.74 Å². The molecule has 0 fully saturated rings. The number of halogens is 1. The van der Waals surface area contributed by atoms with E-state index < -0.39 is 10.0 Å². The highest BCUT2D eigenvalue weighted by Gasteiger charge is 2.09. The molecule has 0 aliphatic heterocycles. The first kappa shape index (κ1) is 13.3. The summed E-state index contributed by atoms with van der Waals surface area (Å²) in [4.78, 5) is 0. The molecule has 0 saturated carbocycles. The van der Waals surface area contributed by atoms with Gasteiger partial charge in [-0.1, -0.05) is 11.6 Å². The van der Waals surface area contributed by atoms with Crippen molar-refractivity contribution >= 4 is 21.6 Å². The fourth-order valence-electron chi connectivity index (χ4n) is 0.989. The van der Waals surface area contributed by atoms with Crippen LogP contribution in [0.4, 0.5) is 0 Å². The van der Waals surface area contributed by atoms with E-state index in [9.17, 15) is 8.42 Å². The molecule has 0 atom stereocenters. The van der Waals surface area contributed by atoms with Crippen molar-refractivity contribution in [2.24, 2.45) is 0 Å². The normalized spacial score (nSPS) is 11.8. The van der Waals surface area contributed by atoms with Gasteiger partial charge in [0.1, 0.15) is 12.4 Å². The van der Waals surface area contributed by atoms with Crippen LogP contribution in [0.15, 0.2) is 24.3 Å². The van der Waals surface area contributed by atoms with Crippen molar-refractivity contribution in [2.45, 2.75) is 0 Å². The average molecular weight is 264 g/mol. The molecule has 1 rings (SSSR count). The Morgan fingerprint density at radius 1 is 1.31 bits per heavy atom. The van der Waals surface area contributed by atoms with E-state index >= 15 is 0 Å². The van der Waals surface area contributed by atoms with Crippen LogP contribution in [-0.4, -0.2) is 39.2 Å². The quantitative estimate of drug-likeness (QED) is 0.811. The van der Waals surface area contributed by atoms with Crippen molar-refractivity contribution < 1.29 is 13.2 Å². The highest BCUT2D eigenvalue weighted by molar-refractivity contribution is 7.88. The van der Waals surface area contributed by atoms with Gasteiger partial charge in [0.2, 0.25) is 10.0 Å². The zero-order chi connectivity index (χ0) is 12.2. The Morgan fingerprint density at radius 3 is 2.38 bits per heavy atom. The molecule has 16 heavy (non-hydrogen) atoms. The van der Waals surface area contributed by atoms with Gasteiger partial charge in [-0.05, 0) is 24.3 Å². The van der Waals surface area contributed by atoms with Gasteiger partial charge in [0.15, 0.2) is 0 Å². The van der Waals surface area contributed by atoms with Crippen LogP contribution in [0.2, 0.25) is 5.02 Å². The van der Waals surface area contributed by atoms with Gasteiger partial charge in [-0.15, -0.1) is 0 Å². The van der Waals surface area contributed by atoms with E-state index in [0.29, 0.717) is 23.9 Å². The second kappa shape index (κ2) is 5.52.